The van der Waals surface area contributed by atoms with Crippen molar-refractivity contribution >= 4 is 39.6 Å². The minimum atomic E-state index is -4.11. The fraction of sp³-hybridized carbons (Fsp3) is 0.194. The fourth-order valence-corrected chi connectivity index (χ4v) is 9.04. The predicted octanol–water partition coefficient (Wildman–Crippen LogP) is 7.04. The monoisotopic (exact) mass is 656 g/mol. The maximum absolute atomic E-state index is 13.7. The van der Waals surface area contributed by atoms with Crippen LogP contribution in [0.1, 0.15) is 39.8 Å². The Morgan fingerprint density at radius 1 is 0.902 bits per heavy atom. The fourth-order valence-electron chi connectivity index (χ4n) is 4.31. The van der Waals surface area contributed by atoms with Crippen LogP contribution in [0.3, 0.4) is 0 Å². The third-order valence-electron chi connectivity index (χ3n) is 6.40. The summed E-state index contributed by atoms with van der Waals surface area (Å²) >= 11 is 3.36. The van der Waals surface area contributed by atoms with Crippen molar-refractivity contribution in [3.63, 3.8) is 0 Å². The molecular formula is C31H32BrNO6PS+. The Labute approximate surface area is 250 Å². The quantitative estimate of drug-likeness (QED) is 0.125. The first-order valence-corrected chi connectivity index (χ1v) is 17.1. The molecular weight excluding hydrogens is 625 g/mol. The van der Waals surface area contributed by atoms with Crippen LogP contribution in [0.15, 0.2) is 119 Å². The van der Waals surface area contributed by atoms with E-state index in [9.17, 15) is 18.1 Å². The summed E-state index contributed by atoms with van der Waals surface area (Å²) in [4.78, 5) is 26.0. The summed E-state index contributed by atoms with van der Waals surface area (Å²) in [6, 6.07) is 31.0. The normalized spacial score (nSPS) is 14.5. The molecule has 4 rings (SSSR count). The van der Waals surface area contributed by atoms with E-state index in [2.05, 4.69) is 20.7 Å². The van der Waals surface area contributed by atoms with Crippen LogP contribution in [-0.2, 0) is 25.7 Å². The Morgan fingerprint density at radius 2 is 1.49 bits per heavy atom. The molecule has 0 fully saturated rings. The van der Waals surface area contributed by atoms with E-state index < -0.39 is 35.3 Å². The van der Waals surface area contributed by atoms with E-state index in [4.69, 9.17) is 9.26 Å². The van der Waals surface area contributed by atoms with Gasteiger partial charge in [0.05, 0.1) is 17.1 Å². The van der Waals surface area contributed by atoms with Gasteiger partial charge in [-0.25, -0.2) is 22.6 Å². The molecule has 0 spiro atoms. The molecule has 0 aliphatic rings. The second-order valence-corrected chi connectivity index (χ2v) is 14.7. The zero-order chi connectivity index (χ0) is 29.5. The molecule has 0 amide bonds. The SMILES string of the molecule is CCO[P+](O)([C@H](Cc1ccccc1)NS(=O)(=O)c1ccc(C)cc1)[C@H](OC(=O)c1ccc(Br)cc1)c1ccccc1. The second-order valence-electron chi connectivity index (χ2n) is 9.41. The number of esters is 1. The van der Waals surface area contributed by atoms with Crippen molar-refractivity contribution in [3.8, 4) is 0 Å². The summed E-state index contributed by atoms with van der Waals surface area (Å²) in [5.41, 5.74) is 2.44. The van der Waals surface area contributed by atoms with E-state index in [1.807, 2.05) is 37.3 Å². The van der Waals surface area contributed by atoms with Gasteiger partial charge in [0.15, 0.2) is 5.78 Å². The maximum atomic E-state index is 13.7. The number of benzene rings is 4. The van der Waals surface area contributed by atoms with Crippen LogP contribution in [0.4, 0.5) is 0 Å². The van der Waals surface area contributed by atoms with Gasteiger partial charge in [-0.3, -0.25) is 0 Å². The molecule has 0 aliphatic carbocycles. The van der Waals surface area contributed by atoms with Gasteiger partial charge in [-0.15, -0.1) is 0 Å². The van der Waals surface area contributed by atoms with Crippen LogP contribution in [0.2, 0.25) is 0 Å². The number of ether oxygens (including phenoxy) is 1. The average molecular weight is 658 g/mol. The summed E-state index contributed by atoms with van der Waals surface area (Å²) in [5, 5.41) is 0. The van der Waals surface area contributed by atoms with Gasteiger partial charge in [0.25, 0.3) is 5.85 Å². The molecule has 0 radical (unpaired) electrons. The van der Waals surface area contributed by atoms with Crippen molar-refractivity contribution in [2.45, 2.75) is 36.8 Å². The van der Waals surface area contributed by atoms with E-state index in [-0.39, 0.29) is 23.5 Å². The Kier molecular flexibility index (Phi) is 10.5. The summed E-state index contributed by atoms with van der Waals surface area (Å²) in [6.45, 7) is 3.63. The zero-order valence-electron chi connectivity index (χ0n) is 22.7. The lowest BCUT2D eigenvalue weighted by atomic mass is 10.1. The number of halogens is 1. The van der Waals surface area contributed by atoms with Crippen LogP contribution in [0.5, 0.6) is 0 Å². The number of hydrogen-bond acceptors (Lipinski definition) is 6. The number of aryl methyl sites for hydroxylation is 1. The van der Waals surface area contributed by atoms with Crippen LogP contribution >= 0.6 is 23.6 Å². The molecule has 0 saturated carbocycles. The van der Waals surface area contributed by atoms with Crippen LogP contribution in [0, 0.1) is 6.92 Å². The standard InChI is InChI=1S/C31H32BrNO6PS/c1-3-38-40(35,31(26-12-8-5-9-13-26)39-30(34)25-16-18-27(32)19-17-25)29(22-24-10-6-4-7-11-24)33-41(36,37)28-20-14-23(2)15-21-28/h4-21,29,31,33,35H,3,22H2,1-2H3/q+1/t29-,31+,40?/m1/s1. The Bertz CT molecular complexity index is 1540. The summed E-state index contributed by atoms with van der Waals surface area (Å²) in [5.74, 6) is -3.11. The van der Waals surface area contributed by atoms with Gasteiger partial charge >= 0.3 is 13.7 Å². The first-order valence-electron chi connectivity index (χ1n) is 13.0. The molecule has 0 heterocycles. The topological polar surface area (TPSA) is 102 Å². The molecule has 0 bridgehead atoms. The molecule has 10 heteroatoms. The van der Waals surface area contributed by atoms with E-state index in [0.29, 0.717) is 5.56 Å². The van der Waals surface area contributed by atoms with Crippen molar-refractivity contribution in [2.24, 2.45) is 0 Å². The first kappa shape index (κ1) is 31.0. The number of sulfonamides is 1. The Hall–Kier alpha value is -2.91. The minimum absolute atomic E-state index is 0.0485. The molecule has 1 unspecified atom stereocenters. The summed E-state index contributed by atoms with van der Waals surface area (Å²) in [6.07, 6.45) is 0.0926. The predicted molar refractivity (Wildman–Crippen MR) is 165 cm³/mol. The lowest BCUT2D eigenvalue weighted by Crippen LogP contribution is -2.41. The number of carbonyl (C=O) groups excluding carboxylic acids is 1. The van der Waals surface area contributed by atoms with E-state index in [1.165, 1.54) is 12.1 Å². The van der Waals surface area contributed by atoms with E-state index in [0.717, 1.165) is 15.6 Å². The smallest absolute Gasteiger partial charge is 0.341 e. The van der Waals surface area contributed by atoms with Gasteiger partial charge < -0.3 is 4.74 Å². The van der Waals surface area contributed by atoms with Crippen molar-refractivity contribution in [1.29, 1.82) is 0 Å². The number of nitrogens with one attached hydrogen (secondary N) is 1. The molecule has 4 aromatic rings. The molecule has 41 heavy (non-hydrogen) atoms. The summed E-state index contributed by atoms with van der Waals surface area (Å²) in [7, 11) is -8.04. The molecule has 4 aromatic carbocycles. The van der Waals surface area contributed by atoms with Crippen molar-refractivity contribution in [3.05, 3.63) is 136 Å². The molecule has 0 aromatic heterocycles. The first-order chi connectivity index (χ1) is 19.6. The largest absolute Gasteiger partial charge is 0.413 e. The third-order valence-corrected chi connectivity index (χ3v) is 11.5. The van der Waals surface area contributed by atoms with E-state index >= 15 is 0 Å². The Balaban J connectivity index is 1.82. The molecule has 7 nitrogen and oxygen atoms in total. The van der Waals surface area contributed by atoms with Gasteiger partial charge in [-0.1, -0.05) is 94.3 Å². The summed E-state index contributed by atoms with van der Waals surface area (Å²) < 4.78 is 42.9. The van der Waals surface area contributed by atoms with Gasteiger partial charge in [0.2, 0.25) is 10.0 Å². The van der Waals surface area contributed by atoms with Crippen LogP contribution in [-0.4, -0.2) is 31.7 Å². The highest BCUT2D eigenvalue weighted by Gasteiger charge is 2.59. The highest BCUT2D eigenvalue weighted by Crippen LogP contribution is 2.71. The number of rotatable bonds is 12. The van der Waals surface area contributed by atoms with Gasteiger partial charge in [-0.05, 0) is 55.8 Å². The lowest BCUT2D eigenvalue weighted by Gasteiger charge is -2.32. The zero-order valence-corrected chi connectivity index (χ0v) is 26.0. The van der Waals surface area contributed by atoms with Crippen molar-refractivity contribution in [2.75, 3.05) is 6.61 Å². The molecule has 0 aliphatic heterocycles. The van der Waals surface area contributed by atoms with Crippen molar-refractivity contribution in [1.82, 2.24) is 4.72 Å². The highest BCUT2D eigenvalue weighted by atomic mass is 79.9. The minimum Gasteiger partial charge on any atom is -0.413 e. The van der Waals surface area contributed by atoms with Crippen LogP contribution < -0.4 is 4.72 Å². The van der Waals surface area contributed by atoms with Crippen LogP contribution in [0.25, 0.3) is 0 Å². The van der Waals surface area contributed by atoms with E-state index in [1.54, 1.807) is 73.7 Å². The molecule has 2 N–H and O–H groups in total. The molecule has 0 saturated heterocycles. The van der Waals surface area contributed by atoms with Crippen molar-refractivity contribution < 1.29 is 27.4 Å². The molecule has 214 valence electrons. The third kappa shape index (κ3) is 7.89. The number of hydrogen-bond donors (Lipinski definition) is 2. The second kappa shape index (κ2) is 13.8. The highest BCUT2D eigenvalue weighted by molar-refractivity contribution is 9.10. The van der Waals surface area contributed by atoms with Gasteiger partial charge in [-0.2, -0.15) is 4.72 Å². The van der Waals surface area contributed by atoms with Gasteiger partial charge in [0, 0.05) is 16.5 Å². The maximum Gasteiger partial charge on any atom is 0.341 e. The molecule has 3 atom stereocenters. The number of carbonyl (C=O) groups is 1. The Morgan fingerprint density at radius 3 is 2.07 bits per heavy atom. The van der Waals surface area contributed by atoms with Gasteiger partial charge in [0.1, 0.15) is 0 Å². The average Bonchev–Trinajstić information content (AvgIpc) is 2.97. The lowest BCUT2D eigenvalue weighted by molar-refractivity contribution is 0.0392.